The van der Waals surface area contributed by atoms with Gasteiger partial charge in [0.15, 0.2) is 5.78 Å². The quantitative estimate of drug-likeness (QED) is 0.477. The van der Waals surface area contributed by atoms with E-state index in [0.29, 0.717) is 19.6 Å². The molecule has 1 saturated heterocycles. The van der Waals surface area contributed by atoms with E-state index in [-0.39, 0.29) is 11.6 Å². The Labute approximate surface area is 195 Å². The molecular formula is C27H32FN3O2. The van der Waals surface area contributed by atoms with E-state index in [4.69, 9.17) is 4.74 Å². The molecule has 1 fully saturated rings. The van der Waals surface area contributed by atoms with Crippen LogP contribution >= 0.6 is 0 Å². The number of likely N-dealkylation sites (N-methyl/N-ethyl adjacent to an activating group) is 1. The van der Waals surface area contributed by atoms with Crippen LogP contribution in [0.25, 0.3) is 0 Å². The summed E-state index contributed by atoms with van der Waals surface area (Å²) in [6.45, 7) is 8.93. The van der Waals surface area contributed by atoms with Gasteiger partial charge >= 0.3 is 0 Å². The van der Waals surface area contributed by atoms with Gasteiger partial charge in [0.2, 0.25) is 0 Å². The van der Waals surface area contributed by atoms with E-state index in [1.807, 2.05) is 27.0 Å². The molecule has 0 spiro atoms. The molecule has 2 aromatic carbocycles. The Balaban J connectivity index is 1.44. The fourth-order valence-corrected chi connectivity index (χ4v) is 4.53. The Morgan fingerprint density at radius 1 is 1.06 bits per heavy atom. The van der Waals surface area contributed by atoms with Crippen molar-refractivity contribution >= 4 is 11.5 Å². The molecule has 1 aliphatic rings. The summed E-state index contributed by atoms with van der Waals surface area (Å²) < 4.78 is 20.9. The number of morpholine rings is 1. The van der Waals surface area contributed by atoms with Crippen molar-refractivity contribution in [2.24, 2.45) is 0 Å². The molecule has 0 unspecified atom stereocenters. The lowest BCUT2D eigenvalue weighted by Gasteiger charge is -2.31. The minimum atomic E-state index is -0.242. The van der Waals surface area contributed by atoms with Crippen LogP contribution in [0.4, 0.5) is 10.1 Å². The monoisotopic (exact) mass is 449 g/mol. The molecule has 6 heteroatoms. The van der Waals surface area contributed by atoms with Crippen LogP contribution in [-0.2, 0) is 17.8 Å². The first-order valence-corrected chi connectivity index (χ1v) is 11.5. The molecule has 0 aliphatic carbocycles. The average Bonchev–Trinajstić information content (AvgIpc) is 3.10. The first-order chi connectivity index (χ1) is 15.9. The number of rotatable bonds is 8. The van der Waals surface area contributed by atoms with Crippen molar-refractivity contribution in [3.63, 3.8) is 0 Å². The van der Waals surface area contributed by atoms with Crippen molar-refractivity contribution in [3.05, 3.63) is 88.5 Å². The second kappa shape index (κ2) is 10.3. The molecule has 2 heterocycles. The van der Waals surface area contributed by atoms with Gasteiger partial charge in [-0.15, -0.1) is 0 Å². The van der Waals surface area contributed by atoms with Crippen molar-refractivity contribution in [3.8, 4) is 0 Å². The van der Waals surface area contributed by atoms with Gasteiger partial charge in [-0.25, -0.2) is 4.39 Å². The van der Waals surface area contributed by atoms with Gasteiger partial charge in [0.05, 0.1) is 19.8 Å². The third-order valence-electron chi connectivity index (χ3n) is 6.33. The molecular weight excluding hydrogens is 417 g/mol. The van der Waals surface area contributed by atoms with Crippen LogP contribution in [0, 0.1) is 19.7 Å². The summed E-state index contributed by atoms with van der Waals surface area (Å²) in [6, 6.07) is 16.9. The third kappa shape index (κ3) is 5.52. The highest BCUT2D eigenvalue weighted by Gasteiger charge is 2.19. The van der Waals surface area contributed by atoms with Gasteiger partial charge in [-0.3, -0.25) is 9.69 Å². The Morgan fingerprint density at radius 2 is 1.76 bits per heavy atom. The van der Waals surface area contributed by atoms with Gasteiger partial charge in [0.25, 0.3) is 0 Å². The van der Waals surface area contributed by atoms with Crippen LogP contribution in [0.2, 0.25) is 0 Å². The number of aryl methyl sites for hydroxylation is 1. The minimum absolute atomic E-state index is 0.111. The predicted octanol–water partition coefficient (Wildman–Crippen LogP) is 4.44. The summed E-state index contributed by atoms with van der Waals surface area (Å²) in [4.78, 5) is 17.6. The lowest BCUT2D eigenvalue weighted by Crippen LogP contribution is -2.37. The van der Waals surface area contributed by atoms with E-state index in [0.717, 1.165) is 48.8 Å². The molecule has 0 atom stereocenters. The summed E-state index contributed by atoms with van der Waals surface area (Å²) in [5.74, 6) is -0.131. The number of ketones is 1. The van der Waals surface area contributed by atoms with Crippen LogP contribution in [0.3, 0.4) is 0 Å². The first-order valence-electron chi connectivity index (χ1n) is 11.5. The number of ether oxygens (including phenoxy) is 1. The minimum Gasteiger partial charge on any atom is -0.378 e. The number of anilines is 1. The van der Waals surface area contributed by atoms with Crippen LogP contribution < -0.4 is 4.90 Å². The van der Waals surface area contributed by atoms with Gasteiger partial charge in [-0.05, 0) is 56.3 Å². The Bertz CT molecular complexity index is 1100. The SMILES string of the molecule is Cc1cc(C(=O)CN(C)Cc2ccccc2N2CCOCC2)c(C)n1Cc1ccc(F)cc1. The normalized spacial score (nSPS) is 14.2. The van der Waals surface area contributed by atoms with Crippen molar-refractivity contribution in [1.29, 1.82) is 0 Å². The smallest absolute Gasteiger partial charge is 0.178 e. The van der Waals surface area contributed by atoms with Crippen molar-refractivity contribution in [2.45, 2.75) is 26.9 Å². The van der Waals surface area contributed by atoms with E-state index in [9.17, 15) is 9.18 Å². The van der Waals surface area contributed by atoms with Gasteiger partial charge in [0, 0.05) is 48.8 Å². The van der Waals surface area contributed by atoms with Crippen molar-refractivity contribution in [1.82, 2.24) is 9.47 Å². The van der Waals surface area contributed by atoms with Gasteiger partial charge < -0.3 is 14.2 Å². The van der Waals surface area contributed by atoms with Gasteiger partial charge in [-0.1, -0.05) is 30.3 Å². The molecule has 0 amide bonds. The van der Waals surface area contributed by atoms with Crippen molar-refractivity contribution < 1.29 is 13.9 Å². The number of Topliss-reactive ketones (excluding diaryl/α,β-unsaturated/α-hetero) is 1. The number of benzene rings is 2. The van der Waals surface area contributed by atoms with Crippen LogP contribution in [-0.4, -0.2) is 55.1 Å². The average molecular weight is 450 g/mol. The van der Waals surface area contributed by atoms with E-state index in [1.165, 1.54) is 23.4 Å². The number of carbonyl (C=O) groups is 1. The van der Waals surface area contributed by atoms with Crippen molar-refractivity contribution in [2.75, 3.05) is 44.8 Å². The van der Waals surface area contributed by atoms with E-state index in [1.54, 1.807) is 12.1 Å². The number of para-hydroxylation sites is 1. The standard InChI is InChI=1S/C27H32FN3O2/c1-20-16-25(21(2)31(20)17-22-8-10-24(28)11-9-22)27(32)19-29(3)18-23-6-4-5-7-26(23)30-12-14-33-15-13-30/h4-11,16H,12-15,17-19H2,1-3H3. The molecule has 4 rings (SSSR count). The number of nitrogens with zero attached hydrogens (tertiary/aromatic N) is 3. The molecule has 5 nitrogen and oxygen atoms in total. The second-order valence-electron chi connectivity index (χ2n) is 8.82. The van der Waals surface area contributed by atoms with Gasteiger partial charge in [0.1, 0.15) is 5.82 Å². The molecule has 0 bridgehead atoms. The molecule has 1 aromatic heterocycles. The summed E-state index contributed by atoms with van der Waals surface area (Å²) in [5, 5.41) is 0. The first kappa shape index (κ1) is 23.2. The summed E-state index contributed by atoms with van der Waals surface area (Å²) in [6.07, 6.45) is 0. The maximum Gasteiger partial charge on any atom is 0.178 e. The molecule has 3 aromatic rings. The zero-order valence-electron chi connectivity index (χ0n) is 19.7. The molecule has 33 heavy (non-hydrogen) atoms. The number of carbonyl (C=O) groups excluding carboxylic acids is 1. The highest BCUT2D eigenvalue weighted by atomic mass is 19.1. The predicted molar refractivity (Wildman–Crippen MR) is 130 cm³/mol. The highest BCUT2D eigenvalue weighted by Crippen LogP contribution is 2.23. The number of halogens is 1. The number of aromatic nitrogens is 1. The Hall–Kier alpha value is -2.96. The second-order valence-corrected chi connectivity index (χ2v) is 8.82. The maximum absolute atomic E-state index is 13.2. The molecule has 0 saturated carbocycles. The zero-order valence-corrected chi connectivity index (χ0v) is 19.7. The van der Waals surface area contributed by atoms with E-state index >= 15 is 0 Å². The Morgan fingerprint density at radius 3 is 2.48 bits per heavy atom. The molecule has 0 radical (unpaired) electrons. The van der Waals surface area contributed by atoms with Crippen LogP contribution in [0.15, 0.2) is 54.6 Å². The molecule has 1 aliphatic heterocycles. The summed E-state index contributed by atoms with van der Waals surface area (Å²) in [7, 11) is 1.99. The lowest BCUT2D eigenvalue weighted by molar-refractivity contribution is 0.0942. The van der Waals surface area contributed by atoms with Gasteiger partial charge in [-0.2, -0.15) is 0 Å². The molecule has 0 N–H and O–H groups in total. The maximum atomic E-state index is 13.2. The topological polar surface area (TPSA) is 37.7 Å². The van der Waals surface area contributed by atoms with E-state index in [2.05, 4.69) is 38.6 Å². The zero-order chi connectivity index (χ0) is 23.4. The fourth-order valence-electron chi connectivity index (χ4n) is 4.53. The largest absolute Gasteiger partial charge is 0.378 e. The summed E-state index contributed by atoms with van der Waals surface area (Å²) >= 11 is 0. The lowest BCUT2D eigenvalue weighted by atomic mass is 10.1. The fraction of sp³-hybridized carbons (Fsp3) is 0.370. The Kier molecular flexibility index (Phi) is 7.26. The van der Waals surface area contributed by atoms with Crippen LogP contribution in [0.5, 0.6) is 0 Å². The number of hydrogen-bond donors (Lipinski definition) is 0. The van der Waals surface area contributed by atoms with E-state index < -0.39 is 0 Å². The third-order valence-corrected chi connectivity index (χ3v) is 6.33. The highest BCUT2D eigenvalue weighted by molar-refractivity contribution is 5.99. The van der Waals surface area contributed by atoms with Crippen LogP contribution in [0.1, 0.15) is 32.9 Å². The molecule has 174 valence electrons. The summed E-state index contributed by atoms with van der Waals surface area (Å²) in [5.41, 5.74) is 6.18. The number of hydrogen-bond acceptors (Lipinski definition) is 4.